The number of oxime groups is 1. The number of ether oxygens (including phenoxy) is 1. The Labute approximate surface area is 153 Å². The van der Waals surface area contributed by atoms with E-state index in [0.717, 1.165) is 0 Å². The van der Waals surface area contributed by atoms with Gasteiger partial charge in [0.15, 0.2) is 5.71 Å². The molecule has 2 aliphatic heterocycles. The first kappa shape index (κ1) is 18.2. The van der Waals surface area contributed by atoms with E-state index in [1.807, 2.05) is 0 Å². The van der Waals surface area contributed by atoms with Gasteiger partial charge in [0.05, 0.1) is 7.11 Å². The van der Waals surface area contributed by atoms with Gasteiger partial charge in [-0.2, -0.15) is 4.31 Å². The van der Waals surface area contributed by atoms with Crippen LogP contribution in [0, 0.1) is 0 Å². The third-order valence-corrected chi connectivity index (χ3v) is 6.88. The molecule has 0 aliphatic carbocycles. The van der Waals surface area contributed by atoms with E-state index >= 15 is 0 Å². The molecule has 0 aromatic heterocycles. The third kappa shape index (κ3) is 3.38. The van der Waals surface area contributed by atoms with Crippen molar-refractivity contribution in [2.75, 3.05) is 20.2 Å². The molecule has 136 valence electrons. The van der Waals surface area contributed by atoms with Gasteiger partial charge in [0.1, 0.15) is 16.2 Å². The Kier molecular flexibility index (Phi) is 4.78. The molecule has 8 nitrogen and oxygen atoms in total. The fourth-order valence-electron chi connectivity index (χ4n) is 3.03. The van der Waals surface area contributed by atoms with Gasteiger partial charge in [-0.15, -0.1) is 0 Å². The molecule has 0 saturated carbocycles. The molecule has 1 spiro atoms. The lowest BCUT2D eigenvalue weighted by Gasteiger charge is -2.36. The van der Waals surface area contributed by atoms with Crippen LogP contribution >= 0.6 is 15.9 Å². The molecule has 0 atom stereocenters. The number of hydrogen-bond donors (Lipinski definition) is 1. The van der Waals surface area contributed by atoms with Crippen LogP contribution in [-0.4, -0.2) is 55.3 Å². The van der Waals surface area contributed by atoms with Gasteiger partial charge in [-0.3, -0.25) is 0 Å². The van der Waals surface area contributed by atoms with Crippen molar-refractivity contribution in [3.05, 3.63) is 22.7 Å². The minimum absolute atomic E-state index is 0.0232. The van der Waals surface area contributed by atoms with Crippen LogP contribution < -0.4 is 4.74 Å². The quantitative estimate of drug-likeness (QED) is 0.777. The van der Waals surface area contributed by atoms with Crippen molar-refractivity contribution in [1.29, 1.82) is 0 Å². The van der Waals surface area contributed by atoms with Crippen molar-refractivity contribution >= 4 is 37.6 Å². The molecule has 0 amide bonds. The Morgan fingerprint density at radius 2 is 2.08 bits per heavy atom. The van der Waals surface area contributed by atoms with Crippen LogP contribution in [0.3, 0.4) is 0 Å². The molecule has 0 unspecified atom stereocenters. The van der Waals surface area contributed by atoms with Gasteiger partial charge in [0, 0.05) is 36.8 Å². The molecule has 25 heavy (non-hydrogen) atoms. The van der Waals surface area contributed by atoms with E-state index in [1.54, 1.807) is 12.1 Å². The van der Waals surface area contributed by atoms with Crippen molar-refractivity contribution in [1.82, 2.24) is 4.31 Å². The maximum absolute atomic E-state index is 13.0. The first-order chi connectivity index (χ1) is 11.8. The van der Waals surface area contributed by atoms with Gasteiger partial charge in [0.25, 0.3) is 0 Å². The first-order valence-electron chi connectivity index (χ1n) is 7.59. The van der Waals surface area contributed by atoms with Gasteiger partial charge >= 0.3 is 5.97 Å². The zero-order valence-corrected chi connectivity index (χ0v) is 15.8. The summed E-state index contributed by atoms with van der Waals surface area (Å²) < 4.78 is 33.1. The number of sulfonamides is 1. The molecule has 0 bridgehead atoms. The van der Waals surface area contributed by atoms with Gasteiger partial charge in [-0.05, 0) is 18.2 Å². The first-order valence-corrected chi connectivity index (χ1v) is 9.83. The number of halogens is 1. The Morgan fingerprint density at radius 1 is 1.40 bits per heavy atom. The van der Waals surface area contributed by atoms with Gasteiger partial charge in [0.2, 0.25) is 10.0 Å². The fraction of sp³-hybridized carbons (Fsp3) is 0.467. The summed E-state index contributed by atoms with van der Waals surface area (Å²) in [6.45, 7) is 0.445. The second-order valence-corrected chi connectivity index (χ2v) is 8.82. The second-order valence-electron chi connectivity index (χ2n) is 5.99. The topological polar surface area (TPSA) is 106 Å². The van der Waals surface area contributed by atoms with E-state index in [4.69, 9.17) is 14.7 Å². The third-order valence-electron chi connectivity index (χ3n) is 4.46. The van der Waals surface area contributed by atoms with Gasteiger partial charge in [-0.25, -0.2) is 13.2 Å². The molecular formula is C15H17BrN2O6S. The van der Waals surface area contributed by atoms with Crippen molar-refractivity contribution in [2.45, 2.75) is 29.8 Å². The smallest absolute Gasteiger partial charge is 0.353 e. The largest absolute Gasteiger partial charge is 0.495 e. The highest BCUT2D eigenvalue weighted by Gasteiger charge is 2.46. The van der Waals surface area contributed by atoms with Crippen molar-refractivity contribution < 1.29 is 27.9 Å². The second kappa shape index (κ2) is 6.58. The molecule has 1 aromatic carbocycles. The molecule has 3 rings (SSSR count). The average Bonchev–Trinajstić information content (AvgIpc) is 2.99. The lowest BCUT2D eigenvalue weighted by molar-refractivity contribution is -0.129. The summed E-state index contributed by atoms with van der Waals surface area (Å²) in [4.78, 5) is 16.4. The van der Waals surface area contributed by atoms with Crippen molar-refractivity contribution in [3.8, 4) is 5.75 Å². The lowest BCUT2D eigenvalue weighted by Crippen LogP contribution is -2.47. The highest BCUT2D eigenvalue weighted by Crippen LogP contribution is 2.37. The summed E-state index contributed by atoms with van der Waals surface area (Å²) in [7, 11) is -2.31. The Balaban J connectivity index is 1.77. The van der Waals surface area contributed by atoms with Gasteiger partial charge < -0.3 is 14.7 Å². The number of nitrogens with zero attached hydrogens (tertiary/aromatic N) is 2. The monoisotopic (exact) mass is 432 g/mol. The maximum Gasteiger partial charge on any atom is 0.353 e. The summed E-state index contributed by atoms with van der Waals surface area (Å²) in [5.41, 5.74) is -0.744. The number of carbonyl (C=O) groups is 1. The molecule has 1 fully saturated rings. The van der Waals surface area contributed by atoms with Crippen LogP contribution in [0.2, 0.25) is 0 Å². The number of hydrogen-bond acceptors (Lipinski definition) is 6. The molecule has 10 heteroatoms. The normalized spacial score (nSPS) is 20.2. The summed E-state index contributed by atoms with van der Waals surface area (Å²) in [6, 6.07) is 4.81. The predicted octanol–water partition coefficient (Wildman–Crippen LogP) is 1.84. The van der Waals surface area contributed by atoms with E-state index in [1.165, 1.54) is 17.5 Å². The lowest BCUT2D eigenvalue weighted by atomic mass is 9.88. The number of rotatable bonds is 4. The van der Waals surface area contributed by atoms with E-state index in [9.17, 15) is 13.2 Å². The Morgan fingerprint density at radius 3 is 2.64 bits per heavy atom. The summed E-state index contributed by atoms with van der Waals surface area (Å²) in [5, 5.41) is 12.6. The maximum atomic E-state index is 13.0. The Hall–Kier alpha value is -1.65. The minimum atomic E-state index is -3.73. The molecule has 2 aliphatic rings. The van der Waals surface area contributed by atoms with E-state index in [-0.39, 0.29) is 35.9 Å². The number of methoxy groups -OCH3 is 1. The van der Waals surface area contributed by atoms with Crippen LogP contribution in [0.1, 0.15) is 19.3 Å². The predicted molar refractivity (Wildman–Crippen MR) is 92.2 cm³/mol. The Bertz CT molecular complexity index is 830. The van der Waals surface area contributed by atoms with Crippen LogP contribution in [-0.2, 0) is 19.7 Å². The number of benzene rings is 1. The summed E-state index contributed by atoms with van der Waals surface area (Å²) >= 11 is 3.28. The number of carboxylic acid groups (broad SMARTS) is 1. The van der Waals surface area contributed by atoms with Crippen LogP contribution in [0.5, 0.6) is 5.75 Å². The summed E-state index contributed by atoms with van der Waals surface area (Å²) in [6.07, 6.45) is 0.947. The molecule has 0 radical (unpaired) electrons. The van der Waals surface area contributed by atoms with Crippen molar-refractivity contribution in [2.24, 2.45) is 5.16 Å². The average molecular weight is 433 g/mol. The zero-order chi connectivity index (χ0) is 18.2. The zero-order valence-electron chi connectivity index (χ0n) is 13.4. The summed E-state index contributed by atoms with van der Waals surface area (Å²) in [5.74, 6) is -0.831. The number of piperidine rings is 1. The SMILES string of the molecule is COc1ccc(Br)cc1S(=O)(=O)N1CCC2(CC1)CC(C(=O)O)=NO2. The minimum Gasteiger partial charge on any atom is -0.495 e. The van der Waals surface area contributed by atoms with Crippen LogP contribution in [0.25, 0.3) is 0 Å². The molecule has 1 N–H and O–H groups in total. The van der Waals surface area contributed by atoms with E-state index in [2.05, 4.69) is 21.1 Å². The van der Waals surface area contributed by atoms with Crippen LogP contribution in [0.15, 0.2) is 32.7 Å². The fourth-order valence-corrected chi connectivity index (χ4v) is 5.17. The number of aliphatic carboxylic acids is 1. The number of carboxylic acids is 1. The molecular weight excluding hydrogens is 416 g/mol. The standard InChI is InChI=1S/C15H17BrN2O6S/c1-23-12-3-2-10(16)8-13(12)25(21,22)18-6-4-15(5-7-18)9-11(14(19)20)17-24-15/h2-3,8H,4-7,9H2,1H3,(H,19,20). The highest BCUT2D eigenvalue weighted by atomic mass is 79.9. The van der Waals surface area contributed by atoms with E-state index < -0.39 is 21.6 Å². The molecule has 2 heterocycles. The van der Waals surface area contributed by atoms with Crippen molar-refractivity contribution in [3.63, 3.8) is 0 Å². The van der Waals surface area contributed by atoms with Gasteiger partial charge in [-0.1, -0.05) is 21.1 Å². The van der Waals surface area contributed by atoms with Crippen LogP contribution in [0.4, 0.5) is 0 Å². The molecule has 1 aromatic rings. The highest BCUT2D eigenvalue weighted by molar-refractivity contribution is 9.10. The van der Waals surface area contributed by atoms with E-state index in [0.29, 0.717) is 17.3 Å². The molecule has 1 saturated heterocycles.